The van der Waals surface area contributed by atoms with Gasteiger partial charge in [0.05, 0.1) is 6.17 Å². The molecule has 9 heavy (non-hydrogen) atoms. The molecule has 1 saturated heterocycles. The molecule has 54 valence electrons. The molecule has 2 unspecified atom stereocenters. The van der Waals surface area contributed by atoms with E-state index in [1.165, 1.54) is 0 Å². The lowest BCUT2D eigenvalue weighted by Gasteiger charge is -2.35. The highest BCUT2D eigenvalue weighted by atomic mass is 15.2. The van der Waals surface area contributed by atoms with Gasteiger partial charge < -0.3 is 5.73 Å². The van der Waals surface area contributed by atoms with Crippen LogP contribution in [-0.2, 0) is 0 Å². The van der Waals surface area contributed by atoms with Crippen LogP contribution in [0.1, 0.15) is 6.92 Å². The third-order valence-electron chi connectivity index (χ3n) is 2.06. The Hall–Kier alpha value is -0.120. The highest BCUT2D eigenvalue weighted by Gasteiger charge is 2.20. The molecule has 0 saturated carbocycles. The molecule has 1 heterocycles. The number of rotatable bonds is 0. The summed E-state index contributed by atoms with van der Waals surface area (Å²) in [5, 5.41) is 3.20. The van der Waals surface area contributed by atoms with Gasteiger partial charge in [-0.05, 0) is 14.0 Å². The Balaban J connectivity index is 2.41. The molecule has 0 aromatic rings. The summed E-state index contributed by atoms with van der Waals surface area (Å²) in [6.45, 7) is 4.26. The number of piperazine rings is 1. The Morgan fingerprint density at radius 2 is 2.33 bits per heavy atom. The van der Waals surface area contributed by atoms with Gasteiger partial charge in [-0.2, -0.15) is 0 Å². The second-order valence-corrected chi connectivity index (χ2v) is 2.70. The minimum atomic E-state index is 0.156. The van der Waals surface area contributed by atoms with Crippen molar-refractivity contribution >= 4 is 0 Å². The van der Waals surface area contributed by atoms with Gasteiger partial charge in [0.25, 0.3) is 0 Å². The van der Waals surface area contributed by atoms with Crippen LogP contribution >= 0.6 is 0 Å². The molecular formula is C6H15N3. The van der Waals surface area contributed by atoms with Crippen molar-refractivity contribution in [3.8, 4) is 0 Å². The molecule has 1 aliphatic heterocycles. The van der Waals surface area contributed by atoms with E-state index < -0.39 is 0 Å². The molecule has 3 heteroatoms. The minimum Gasteiger partial charge on any atom is -0.315 e. The van der Waals surface area contributed by atoms with Crippen molar-refractivity contribution in [2.24, 2.45) is 5.73 Å². The first-order chi connectivity index (χ1) is 4.22. The third kappa shape index (κ3) is 1.41. The third-order valence-corrected chi connectivity index (χ3v) is 2.06. The van der Waals surface area contributed by atoms with E-state index in [0.717, 1.165) is 13.1 Å². The predicted octanol–water partition coefficient (Wildman–Crippen LogP) is -0.805. The molecule has 0 amide bonds. The van der Waals surface area contributed by atoms with Crippen LogP contribution in [0.5, 0.6) is 0 Å². The number of nitrogens with zero attached hydrogens (tertiary/aromatic N) is 1. The molecule has 0 spiro atoms. The summed E-state index contributed by atoms with van der Waals surface area (Å²) in [6.07, 6.45) is 0.156. The molecule has 1 aliphatic rings. The van der Waals surface area contributed by atoms with Crippen molar-refractivity contribution in [2.45, 2.75) is 19.1 Å². The molecule has 0 radical (unpaired) electrons. The van der Waals surface area contributed by atoms with Gasteiger partial charge in [0.1, 0.15) is 0 Å². The molecule has 0 bridgehead atoms. The van der Waals surface area contributed by atoms with Crippen molar-refractivity contribution in [3.63, 3.8) is 0 Å². The molecule has 1 fully saturated rings. The van der Waals surface area contributed by atoms with E-state index in [1.54, 1.807) is 0 Å². The first kappa shape index (κ1) is 6.99. The molecule has 3 nitrogen and oxygen atoms in total. The summed E-state index contributed by atoms with van der Waals surface area (Å²) in [5.74, 6) is 0. The van der Waals surface area contributed by atoms with Gasteiger partial charge in [-0.25, -0.2) is 0 Å². The van der Waals surface area contributed by atoms with Gasteiger partial charge in [-0.15, -0.1) is 0 Å². The topological polar surface area (TPSA) is 41.3 Å². The Morgan fingerprint density at radius 3 is 2.78 bits per heavy atom. The van der Waals surface area contributed by atoms with Crippen LogP contribution < -0.4 is 11.1 Å². The van der Waals surface area contributed by atoms with Crippen LogP contribution in [-0.4, -0.2) is 37.2 Å². The Labute approximate surface area is 56.2 Å². The zero-order valence-corrected chi connectivity index (χ0v) is 6.09. The van der Waals surface area contributed by atoms with Gasteiger partial charge in [-0.3, -0.25) is 10.2 Å². The molecule has 3 N–H and O–H groups in total. The maximum Gasteiger partial charge on any atom is 0.0704 e. The van der Waals surface area contributed by atoms with E-state index in [0.29, 0.717) is 6.04 Å². The molecular weight excluding hydrogens is 114 g/mol. The van der Waals surface area contributed by atoms with Crippen LogP contribution in [0, 0.1) is 0 Å². The Morgan fingerprint density at radius 1 is 1.67 bits per heavy atom. The maximum atomic E-state index is 5.72. The smallest absolute Gasteiger partial charge is 0.0704 e. The SMILES string of the molecule is CC1C(N)NCCN1C. The molecule has 0 aromatic carbocycles. The summed E-state index contributed by atoms with van der Waals surface area (Å²) in [4.78, 5) is 2.27. The Bertz CT molecular complexity index is 84.3. The average Bonchev–Trinajstić information content (AvgIpc) is 1.83. The van der Waals surface area contributed by atoms with Crippen molar-refractivity contribution in [2.75, 3.05) is 20.1 Å². The van der Waals surface area contributed by atoms with Crippen molar-refractivity contribution in [1.82, 2.24) is 10.2 Å². The van der Waals surface area contributed by atoms with Crippen LogP contribution in [0.2, 0.25) is 0 Å². The fourth-order valence-corrected chi connectivity index (χ4v) is 1.06. The summed E-state index contributed by atoms with van der Waals surface area (Å²) in [7, 11) is 2.10. The normalized spacial score (nSPS) is 39.0. The van der Waals surface area contributed by atoms with Crippen LogP contribution in [0.3, 0.4) is 0 Å². The monoisotopic (exact) mass is 129 g/mol. The molecule has 0 aromatic heterocycles. The highest BCUT2D eigenvalue weighted by molar-refractivity contribution is 4.79. The fraction of sp³-hybridized carbons (Fsp3) is 1.00. The molecule has 1 rings (SSSR count). The van der Waals surface area contributed by atoms with Crippen molar-refractivity contribution in [3.05, 3.63) is 0 Å². The predicted molar refractivity (Wildman–Crippen MR) is 38.1 cm³/mol. The summed E-state index contributed by atoms with van der Waals surface area (Å²) in [5.41, 5.74) is 5.72. The quantitative estimate of drug-likeness (QED) is 0.449. The van der Waals surface area contributed by atoms with E-state index in [1.807, 2.05) is 0 Å². The highest BCUT2D eigenvalue weighted by Crippen LogP contribution is 2.00. The number of nitrogens with two attached hydrogens (primary N) is 1. The number of hydrogen-bond donors (Lipinski definition) is 2. The van der Waals surface area contributed by atoms with Crippen molar-refractivity contribution in [1.29, 1.82) is 0 Å². The van der Waals surface area contributed by atoms with E-state index in [-0.39, 0.29) is 6.17 Å². The van der Waals surface area contributed by atoms with Gasteiger partial charge in [0.15, 0.2) is 0 Å². The van der Waals surface area contributed by atoms with E-state index in [4.69, 9.17) is 5.73 Å². The zero-order chi connectivity index (χ0) is 6.85. The van der Waals surface area contributed by atoms with E-state index >= 15 is 0 Å². The Kier molecular flexibility index (Phi) is 2.05. The van der Waals surface area contributed by atoms with Crippen LogP contribution in [0.25, 0.3) is 0 Å². The number of hydrogen-bond acceptors (Lipinski definition) is 3. The van der Waals surface area contributed by atoms with Crippen LogP contribution in [0.15, 0.2) is 0 Å². The van der Waals surface area contributed by atoms with Gasteiger partial charge in [-0.1, -0.05) is 0 Å². The summed E-state index contributed by atoms with van der Waals surface area (Å²) >= 11 is 0. The van der Waals surface area contributed by atoms with Crippen molar-refractivity contribution < 1.29 is 0 Å². The second kappa shape index (κ2) is 2.64. The lowest BCUT2D eigenvalue weighted by molar-refractivity contribution is 0.167. The van der Waals surface area contributed by atoms with E-state index in [2.05, 4.69) is 24.2 Å². The fourth-order valence-electron chi connectivity index (χ4n) is 1.06. The first-order valence-corrected chi connectivity index (χ1v) is 3.41. The van der Waals surface area contributed by atoms with E-state index in [9.17, 15) is 0 Å². The lowest BCUT2D eigenvalue weighted by atomic mass is 10.2. The summed E-state index contributed by atoms with van der Waals surface area (Å²) in [6, 6.07) is 0.471. The van der Waals surface area contributed by atoms with Gasteiger partial charge in [0.2, 0.25) is 0 Å². The second-order valence-electron chi connectivity index (χ2n) is 2.70. The van der Waals surface area contributed by atoms with Crippen LogP contribution in [0.4, 0.5) is 0 Å². The zero-order valence-electron chi connectivity index (χ0n) is 6.09. The van der Waals surface area contributed by atoms with Gasteiger partial charge >= 0.3 is 0 Å². The van der Waals surface area contributed by atoms with Gasteiger partial charge in [0, 0.05) is 19.1 Å². The average molecular weight is 129 g/mol. The number of likely N-dealkylation sites (N-methyl/N-ethyl adjacent to an activating group) is 1. The standard InChI is InChI=1S/C6H15N3/c1-5-6(7)8-3-4-9(5)2/h5-6,8H,3-4,7H2,1-2H3. The molecule has 0 aliphatic carbocycles. The first-order valence-electron chi connectivity index (χ1n) is 3.41. The lowest BCUT2D eigenvalue weighted by Crippen LogP contribution is -2.59. The minimum absolute atomic E-state index is 0.156. The number of nitrogens with one attached hydrogen (secondary N) is 1. The largest absolute Gasteiger partial charge is 0.315 e. The molecule has 2 atom stereocenters. The summed E-state index contributed by atoms with van der Waals surface area (Å²) < 4.78 is 0. The maximum absolute atomic E-state index is 5.72.